The van der Waals surface area contributed by atoms with Gasteiger partial charge < -0.3 is 10.6 Å². The highest BCUT2D eigenvalue weighted by Crippen LogP contribution is 2.16. The van der Waals surface area contributed by atoms with Crippen LogP contribution in [-0.4, -0.2) is 45.0 Å². The Labute approximate surface area is 152 Å². The summed E-state index contributed by atoms with van der Waals surface area (Å²) in [5, 5.41) is 15.5. The molecule has 1 amide bonds. The maximum atomic E-state index is 12.2. The van der Waals surface area contributed by atoms with E-state index in [2.05, 4.69) is 32.9 Å². The number of carbonyl (C=O) groups is 1. The Hall–Kier alpha value is -1.80. The zero-order valence-corrected chi connectivity index (χ0v) is 15.7. The molecule has 7 nitrogen and oxygen atoms in total. The molecule has 1 aliphatic rings. The molecule has 3 heterocycles. The van der Waals surface area contributed by atoms with Crippen LogP contribution in [0.5, 0.6) is 0 Å². The van der Waals surface area contributed by atoms with Gasteiger partial charge in [0.2, 0.25) is 0 Å². The summed E-state index contributed by atoms with van der Waals surface area (Å²) in [6, 6.07) is 0.556. The van der Waals surface area contributed by atoms with Crippen molar-refractivity contribution in [2.24, 2.45) is 0 Å². The SMILES string of the molecule is Cc1nc(CCNC(=O)c2cn(CC[C@@H]3CCCCN3)nn2)sc1C. The molecule has 2 N–H and O–H groups in total. The van der Waals surface area contributed by atoms with Crippen molar-refractivity contribution in [2.45, 2.75) is 58.5 Å². The Morgan fingerprint density at radius 1 is 1.44 bits per heavy atom. The van der Waals surface area contributed by atoms with Crippen molar-refractivity contribution in [1.29, 1.82) is 0 Å². The van der Waals surface area contributed by atoms with Gasteiger partial charge in [0, 0.05) is 30.4 Å². The van der Waals surface area contributed by atoms with Crippen LogP contribution in [0.2, 0.25) is 0 Å². The Bertz CT molecular complexity index is 684. The van der Waals surface area contributed by atoms with Crippen molar-refractivity contribution in [3.8, 4) is 0 Å². The first-order valence-corrected chi connectivity index (χ1v) is 9.78. The van der Waals surface area contributed by atoms with Crippen LogP contribution in [0.3, 0.4) is 0 Å². The highest BCUT2D eigenvalue weighted by atomic mass is 32.1. The smallest absolute Gasteiger partial charge is 0.273 e. The van der Waals surface area contributed by atoms with Gasteiger partial charge >= 0.3 is 0 Å². The van der Waals surface area contributed by atoms with Crippen LogP contribution in [0.4, 0.5) is 0 Å². The topological polar surface area (TPSA) is 84.7 Å². The fourth-order valence-corrected chi connectivity index (χ4v) is 3.92. The Morgan fingerprint density at radius 3 is 3.04 bits per heavy atom. The van der Waals surface area contributed by atoms with Gasteiger partial charge in [-0.25, -0.2) is 4.98 Å². The van der Waals surface area contributed by atoms with Gasteiger partial charge in [-0.15, -0.1) is 16.4 Å². The number of carbonyl (C=O) groups excluding carboxylic acids is 1. The number of rotatable bonds is 7. The second-order valence-electron chi connectivity index (χ2n) is 6.56. The lowest BCUT2D eigenvalue weighted by Crippen LogP contribution is -2.34. The van der Waals surface area contributed by atoms with Crippen LogP contribution >= 0.6 is 11.3 Å². The average molecular weight is 363 g/mol. The number of hydrogen-bond donors (Lipinski definition) is 2. The molecule has 2 aromatic heterocycles. The fourth-order valence-electron chi connectivity index (χ4n) is 2.99. The molecule has 0 spiro atoms. The van der Waals surface area contributed by atoms with E-state index in [0.29, 0.717) is 18.3 Å². The Kier molecular flexibility index (Phi) is 6.14. The number of piperidine rings is 1. The molecule has 0 saturated carbocycles. The molecule has 1 atom stereocenters. The molecule has 1 aliphatic heterocycles. The maximum Gasteiger partial charge on any atom is 0.273 e. The fraction of sp³-hybridized carbons (Fsp3) is 0.647. The summed E-state index contributed by atoms with van der Waals surface area (Å²) in [7, 11) is 0. The first-order valence-electron chi connectivity index (χ1n) is 8.96. The second kappa shape index (κ2) is 8.53. The van der Waals surface area contributed by atoms with Crippen molar-refractivity contribution in [2.75, 3.05) is 13.1 Å². The van der Waals surface area contributed by atoms with E-state index in [1.165, 1.54) is 24.1 Å². The van der Waals surface area contributed by atoms with E-state index in [4.69, 9.17) is 0 Å². The number of hydrogen-bond acceptors (Lipinski definition) is 6. The number of aryl methyl sites for hydroxylation is 3. The van der Waals surface area contributed by atoms with Crippen LogP contribution in [0.15, 0.2) is 6.20 Å². The van der Waals surface area contributed by atoms with Crippen LogP contribution in [0.25, 0.3) is 0 Å². The van der Waals surface area contributed by atoms with Crippen LogP contribution in [0.1, 0.15) is 51.8 Å². The van der Waals surface area contributed by atoms with E-state index in [9.17, 15) is 4.79 Å². The van der Waals surface area contributed by atoms with Gasteiger partial charge in [-0.3, -0.25) is 9.48 Å². The van der Waals surface area contributed by atoms with E-state index < -0.39 is 0 Å². The lowest BCUT2D eigenvalue weighted by Gasteiger charge is -2.23. The average Bonchev–Trinajstić information content (AvgIpc) is 3.21. The van der Waals surface area contributed by atoms with Crippen LogP contribution in [-0.2, 0) is 13.0 Å². The van der Waals surface area contributed by atoms with Crippen molar-refractivity contribution in [3.05, 3.63) is 27.5 Å². The van der Waals surface area contributed by atoms with Gasteiger partial charge in [0.25, 0.3) is 5.91 Å². The molecule has 0 unspecified atom stereocenters. The molecule has 25 heavy (non-hydrogen) atoms. The van der Waals surface area contributed by atoms with Crippen molar-refractivity contribution in [3.63, 3.8) is 0 Å². The molecule has 0 aliphatic carbocycles. The van der Waals surface area contributed by atoms with Crippen LogP contribution in [0, 0.1) is 13.8 Å². The summed E-state index contributed by atoms with van der Waals surface area (Å²) in [6.45, 7) is 6.53. The Balaban J connectivity index is 1.42. The highest BCUT2D eigenvalue weighted by molar-refractivity contribution is 7.11. The number of aromatic nitrogens is 4. The van der Waals surface area contributed by atoms with E-state index in [1.807, 2.05) is 6.92 Å². The maximum absolute atomic E-state index is 12.2. The molecule has 0 bridgehead atoms. The quantitative estimate of drug-likeness (QED) is 0.785. The van der Waals surface area contributed by atoms with Crippen molar-refractivity contribution < 1.29 is 4.79 Å². The van der Waals surface area contributed by atoms with Gasteiger partial charge in [0.1, 0.15) is 0 Å². The van der Waals surface area contributed by atoms with E-state index in [1.54, 1.807) is 22.2 Å². The monoisotopic (exact) mass is 362 g/mol. The molecule has 8 heteroatoms. The second-order valence-corrected chi connectivity index (χ2v) is 7.85. The summed E-state index contributed by atoms with van der Waals surface area (Å²) >= 11 is 1.69. The summed E-state index contributed by atoms with van der Waals surface area (Å²) in [6.07, 6.45) is 7.28. The third-order valence-corrected chi connectivity index (χ3v) is 5.72. The predicted molar refractivity (Wildman–Crippen MR) is 97.9 cm³/mol. The zero-order valence-electron chi connectivity index (χ0n) is 14.9. The Morgan fingerprint density at radius 2 is 2.32 bits per heavy atom. The third kappa shape index (κ3) is 5.09. The molecule has 1 saturated heterocycles. The number of amides is 1. The molecule has 1 fully saturated rings. The van der Waals surface area contributed by atoms with Crippen LogP contribution < -0.4 is 10.6 Å². The van der Waals surface area contributed by atoms with Gasteiger partial charge in [0.05, 0.1) is 16.9 Å². The first-order chi connectivity index (χ1) is 12.1. The van der Waals surface area contributed by atoms with Gasteiger partial charge in [0.15, 0.2) is 5.69 Å². The highest BCUT2D eigenvalue weighted by Gasteiger charge is 2.14. The first kappa shape index (κ1) is 18.0. The molecule has 3 rings (SSSR count). The molecule has 136 valence electrons. The van der Waals surface area contributed by atoms with Crippen molar-refractivity contribution in [1.82, 2.24) is 30.6 Å². The van der Waals surface area contributed by atoms with E-state index in [0.717, 1.165) is 36.6 Å². The summed E-state index contributed by atoms with van der Waals surface area (Å²) in [5.74, 6) is -0.174. The van der Waals surface area contributed by atoms with Gasteiger partial charge in [-0.1, -0.05) is 11.6 Å². The minimum Gasteiger partial charge on any atom is -0.350 e. The summed E-state index contributed by atoms with van der Waals surface area (Å²) < 4.78 is 1.76. The molecular weight excluding hydrogens is 336 g/mol. The molecule has 2 aromatic rings. The summed E-state index contributed by atoms with van der Waals surface area (Å²) in [5.41, 5.74) is 1.45. The lowest BCUT2D eigenvalue weighted by atomic mass is 10.0. The van der Waals surface area contributed by atoms with E-state index in [-0.39, 0.29) is 5.91 Å². The molecule has 0 radical (unpaired) electrons. The normalized spacial score (nSPS) is 17.6. The van der Waals surface area contributed by atoms with Gasteiger partial charge in [-0.2, -0.15) is 0 Å². The minimum atomic E-state index is -0.174. The van der Waals surface area contributed by atoms with Gasteiger partial charge in [-0.05, 0) is 39.7 Å². The molecular formula is C17H26N6OS. The largest absolute Gasteiger partial charge is 0.350 e. The van der Waals surface area contributed by atoms with E-state index >= 15 is 0 Å². The molecule has 0 aromatic carbocycles. The lowest BCUT2D eigenvalue weighted by molar-refractivity contribution is 0.0949. The number of nitrogens with zero attached hydrogens (tertiary/aromatic N) is 4. The number of thiazole rings is 1. The van der Waals surface area contributed by atoms with Crippen molar-refractivity contribution >= 4 is 17.2 Å². The minimum absolute atomic E-state index is 0.174. The zero-order chi connectivity index (χ0) is 17.6. The standard InChI is InChI=1S/C17H26N6OS/c1-12-13(2)25-16(20-12)6-9-19-17(24)15-11-23(22-21-15)10-7-14-5-3-4-8-18-14/h11,14,18H,3-10H2,1-2H3,(H,19,24)/t14-/m0/s1. The third-order valence-electron chi connectivity index (χ3n) is 4.59. The predicted octanol–water partition coefficient (Wildman–Crippen LogP) is 1.86. The summed E-state index contributed by atoms with van der Waals surface area (Å²) in [4.78, 5) is 17.9. The number of nitrogens with one attached hydrogen (secondary N) is 2.